The smallest absolute Gasteiger partial charge is 0.261 e. The Labute approximate surface area is 164 Å². The fourth-order valence-corrected chi connectivity index (χ4v) is 4.38. The molecular weight excluding hydrogens is 358 g/mol. The lowest BCUT2D eigenvalue weighted by Crippen LogP contribution is -2.27. The fraction of sp³-hybridized carbons (Fsp3) is 0.409. The van der Waals surface area contributed by atoms with Crippen LogP contribution in [0.5, 0.6) is 0 Å². The van der Waals surface area contributed by atoms with Crippen molar-refractivity contribution in [2.75, 3.05) is 0 Å². The summed E-state index contributed by atoms with van der Waals surface area (Å²) >= 11 is 6.03. The van der Waals surface area contributed by atoms with Gasteiger partial charge in [0, 0.05) is 12.2 Å². The topological polar surface area (TPSA) is 47.8 Å². The van der Waals surface area contributed by atoms with Crippen LogP contribution in [0.15, 0.2) is 35.5 Å². The monoisotopic (exact) mass is 381 g/mol. The number of hydrogen-bond acceptors (Lipinski definition) is 3. The van der Waals surface area contributed by atoms with E-state index >= 15 is 0 Å². The van der Waals surface area contributed by atoms with E-state index in [-0.39, 0.29) is 11.6 Å². The number of nitrogens with zero attached hydrogens (tertiary/aromatic N) is 3. The minimum Gasteiger partial charge on any atom is -0.296 e. The van der Waals surface area contributed by atoms with Crippen molar-refractivity contribution in [2.24, 2.45) is 0 Å². The van der Waals surface area contributed by atoms with Gasteiger partial charge in [-0.05, 0) is 73.6 Å². The van der Waals surface area contributed by atoms with Crippen molar-refractivity contribution in [1.29, 1.82) is 0 Å². The van der Waals surface area contributed by atoms with Crippen LogP contribution in [0.25, 0.3) is 10.9 Å². The van der Waals surface area contributed by atoms with Gasteiger partial charge in [0.15, 0.2) is 0 Å². The zero-order valence-electron chi connectivity index (χ0n) is 15.8. The molecule has 0 saturated heterocycles. The van der Waals surface area contributed by atoms with Crippen molar-refractivity contribution in [2.45, 2.75) is 58.4 Å². The van der Waals surface area contributed by atoms with Gasteiger partial charge in [0.1, 0.15) is 5.15 Å². The van der Waals surface area contributed by atoms with Gasteiger partial charge in [-0.1, -0.05) is 30.9 Å². The molecule has 1 aliphatic rings. The minimum absolute atomic E-state index is 0.0870. The molecule has 1 fully saturated rings. The molecule has 5 heteroatoms. The van der Waals surface area contributed by atoms with E-state index in [1.54, 1.807) is 12.5 Å². The van der Waals surface area contributed by atoms with Gasteiger partial charge in [-0.25, -0.2) is 9.97 Å². The summed E-state index contributed by atoms with van der Waals surface area (Å²) in [5, 5.41) is 1.21. The molecule has 0 bridgehead atoms. The van der Waals surface area contributed by atoms with Crippen LogP contribution >= 0.6 is 11.6 Å². The Morgan fingerprint density at radius 2 is 1.89 bits per heavy atom. The number of pyridine rings is 1. The number of halogens is 1. The van der Waals surface area contributed by atoms with Crippen molar-refractivity contribution in [3.05, 3.63) is 68.5 Å². The Morgan fingerprint density at radius 1 is 1.11 bits per heavy atom. The van der Waals surface area contributed by atoms with E-state index in [1.165, 1.54) is 24.8 Å². The number of fused-ring (bicyclic) bond motifs is 1. The van der Waals surface area contributed by atoms with Gasteiger partial charge in [0.05, 0.1) is 17.2 Å². The van der Waals surface area contributed by atoms with Gasteiger partial charge >= 0.3 is 0 Å². The van der Waals surface area contributed by atoms with Gasteiger partial charge < -0.3 is 0 Å². The highest BCUT2D eigenvalue weighted by Crippen LogP contribution is 2.28. The molecule has 1 saturated carbocycles. The molecule has 0 unspecified atom stereocenters. The van der Waals surface area contributed by atoms with Crippen molar-refractivity contribution >= 4 is 22.5 Å². The van der Waals surface area contributed by atoms with E-state index in [9.17, 15) is 4.79 Å². The minimum atomic E-state index is 0.0870. The van der Waals surface area contributed by atoms with Crippen molar-refractivity contribution < 1.29 is 0 Å². The molecular formula is C22H24ClN3O. The fourth-order valence-electron chi connectivity index (χ4n) is 4.19. The van der Waals surface area contributed by atoms with Gasteiger partial charge in [-0.15, -0.1) is 0 Å². The van der Waals surface area contributed by atoms with E-state index in [0.29, 0.717) is 5.15 Å². The number of aryl methyl sites for hydroxylation is 1. The van der Waals surface area contributed by atoms with Crippen LogP contribution in [0.2, 0.25) is 5.15 Å². The second-order valence-electron chi connectivity index (χ2n) is 7.59. The summed E-state index contributed by atoms with van der Waals surface area (Å²) in [5.41, 5.74) is 5.40. The SMILES string of the molecule is Cc1c(Cc2ccnc(Cl)c2)cc2c(=O)n(C3CCCCC3)cnc2c1C. The van der Waals surface area contributed by atoms with Gasteiger partial charge in [0.25, 0.3) is 5.56 Å². The number of rotatable bonds is 3. The Morgan fingerprint density at radius 3 is 2.63 bits per heavy atom. The summed E-state index contributed by atoms with van der Waals surface area (Å²) in [6.07, 6.45) is 9.99. The van der Waals surface area contributed by atoms with Gasteiger partial charge in [-0.2, -0.15) is 0 Å². The highest BCUT2D eigenvalue weighted by Gasteiger charge is 2.19. The molecule has 0 atom stereocenters. The number of benzene rings is 1. The molecule has 0 radical (unpaired) electrons. The molecule has 0 aliphatic heterocycles. The maximum absolute atomic E-state index is 13.2. The normalized spacial score (nSPS) is 15.4. The van der Waals surface area contributed by atoms with Crippen LogP contribution in [-0.4, -0.2) is 14.5 Å². The lowest BCUT2D eigenvalue weighted by atomic mass is 9.94. The van der Waals surface area contributed by atoms with Crippen LogP contribution < -0.4 is 5.56 Å². The Bertz CT molecular complexity index is 1050. The first kappa shape index (κ1) is 18.2. The predicted octanol–water partition coefficient (Wildman–Crippen LogP) is 5.16. The molecule has 4 rings (SSSR count). The standard InChI is InChI=1S/C22H24ClN3O/c1-14-15(2)21-19(12-17(14)10-16-8-9-24-20(23)11-16)22(27)26(13-25-21)18-6-4-3-5-7-18/h8-9,11-13,18H,3-7,10H2,1-2H3. The van der Waals surface area contributed by atoms with E-state index in [0.717, 1.165) is 46.9 Å². The Balaban J connectivity index is 1.82. The van der Waals surface area contributed by atoms with Gasteiger partial charge in [-0.3, -0.25) is 9.36 Å². The molecule has 2 heterocycles. The molecule has 1 aliphatic carbocycles. The van der Waals surface area contributed by atoms with Crippen molar-refractivity contribution in [1.82, 2.24) is 14.5 Å². The Kier molecular flexibility index (Phi) is 5.00. The maximum Gasteiger partial charge on any atom is 0.261 e. The largest absolute Gasteiger partial charge is 0.296 e. The highest BCUT2D eigenvalue weighted by atomic mass is 35.5. The first-order valence-electron chi connectivity index (χ1n) is 9.65. The molecule has 0 spiro atoms. The Hall–Kier alpha value is -2.20. The molecule has 0 N–H and O–H groups in total. The van der Waals surface area contributed by atoms with Crippen LogP contribution in [0.3, 0.4) is 0 Å². The summed E-state index contributed by atoms with van der Waals surface area (Å²) in [6, 6.07) is 6.16. The van der Waals surface area contributed by atoms with Crippen LogP contribution in [0, 0.1) is 13.8 Å². The van der Waals surface area contributed by atoms with Crippen LogP contribution in [-0.2, 0) is 6.42 Å². The average Bonchev–Trinajstić information content (AvgIpc) is 2.67. The third-order valence-electron chi connectivity index (χ3n) is 5.90. The second-order valence-corrected chi connectivity index (χ2v) is 7.98. The first-order chi connectivity index (χ1) is 13.0. The molecule has 1 aromatic carbocycles. The van der Waals surface area contributed by atoms with E-state index in [1.807, 2.05) is 22.8 Å². The summed E-state index contributed by atoms with van der Waals surface area (Å²) < 4.78 is 1.86. The van der Waals surface area contributed by atoms with Crippen LogP contribution in [0.4, 0.5) is 0 Å². The maximum atomic E-state index is 13.2. The molecule has 27 heavy (non-hydrogen) atoms. The van der Waals surface area contributed by atoms with E-state index in [2.05, 4.69) is 23.8 Å². The van der Waals surface area contributed by atoms with E-state index in [4.69, 9.17) is 11.6 Å². The quantitative estimate of drug-likeness (QED) is 0.589. The zero-order valence-corrected chi connectivity index (χ0v) is 16.6. The second kappa shape index (κ2) is 7.43. The third kappa shape index (κ3) is 3.51. The van der Waals surface area contributed by atoms with Crippen molar-refractivity contribution in [3.63, 3.8) is 0 Å². The van der Waals surface area contributed by atoms with Crippen LogP contribution in [0.1, 0.15) is 60.4 Å². The highest BCUT2D eigenvalue weighted by molar-refractivity contribution is 6.29. The molecule has 3 aromatic rings. The lowest BCUT2D eigenvalue weighted by Gasteiger charge is -2.24. The molecule has 2 aromatic heterocycles. The number of hydrogen-bond donors (Lipinski definition) is 0. The first-order valence-corrected chi connectivity index (χ1v) is 10.0. The van der Waals surface area contributed by atoms with E-state index < -0.39 is 0 Å². The predicted molar refractivity (Wildman–Crippen MR) is 110 cm³/mol. The average molecular weight is 382 g/mol. The summed E-state index contributed by atoms with van der Waals surface area (Å²) in [4.78, 5) is 22.0. The van der Waals surface area contributed by atoms with Crippen molar-refractivity contribution in [3.8, 4) is 0 Å². The summed E-state index contributed by atoms with van der Waals surface area (Å²) in [5.74, 6) is 0. The third-order valence-corrected chi connectivity index (χ3v) is 6.11. The molecule has 4 nitrogen and oxygen atoms in total. The molecule has 140 valence electrons. The zero-order chi connectivity index (χ0) is 19.0. The summed E-state index contributed by atoms with van der Waals surface area (Å²) in [6.45, 7) is 4.15. The summed E-state index contributed by atoms with van der Waals surface area (Å²) in [7, 11) is 0. The van der Waals surface area contributed by atoms with Gasteiger partial charge in [0.2, 0.25) is 0 Å². The number of aromatic nitrogens is 3. The molecule has 0 amide bonds. The lowest BCUT2D eigenvalue weighted by molar-refractivity contribution is 0.345.